The van der Waals surface area contributed by atoms with Gasteiger partial charge in [-0.15, -0.1) is 0 Å². The molecule has 0 radical (unpaired) electrons. The number of hydrogen-bond donors (Lipinski definition) is 0. The minimum atomic E-state index is -0.248. The molecule has 0 amide bonds. The summed E-state index contributed by atoms with van der Waals surface area (Å²) >= 11 is 0. The smallest absolute Gasteiger partial charge is 0.162 e. The molecule has 0 saturated heterocycles. The lowest BCUT2D eigenvalue weighted by Gasteiger charge is -2.30. The minimum absolute atomic E-state index is 0.0267. The van der Waals surface area contributed by atoms with Crippen LogP contribution in [0.1, 0.15) is 61.0 Å². The number of ether oxygens (including phenoxy) is 2. The summed E-state index contributed by atoms with van der Waals surface area (Å²) in [5, 5.41) is 0. The monoisotopic (exact) mass is 290 g/mol. The Balaban J connectivity index is 3.35. The molecule has 0 N–H and O–H groups in total. The molecule has 0 aliphatic carbocycles. The maximum atomic E-state index is 6.06. The molecule has 0 aliphatic rings. The zero-order valence-electron chi connectivity index (χ0n) is 15.0. The molecule has 0 saturated carbocycles. The lowest BCUT2D eigenvalue weighted by atomic mass is 9.76. The van der Waals surface area contributed by atoms with Crippen LogP contribution in [-0.2, 0) is 5.41 Å². The van der Waals surface area contributed by atoms with Crippen molar-refractivity contribution in [3.8, 4) is 11.5 Å². The van der Waals surface area contributed by atoms with E-state index in [1.165, 1.54) is 16.7 Å². The van der Waals surface area contributed by atoms with Crippen molar-refractivity contribution in [3.63, 3.8) is 0 Å². The second-order valence-corrected chi connectivity index (χ2v) is 7.33. The summed E-state index contributed by atoms with van der Waals surface area (Å²) in [5.41, 5.74) is 3.70. The first-order chi connectivity index (χ1) is 9.49. The van der Waals surface area contributed by atoms with Crippen molar-refractivity contribution >= 4 is 0 Å². The summed E-state index contributed by atoms with van der Waals surface area (Å²) in [6.45, 7) is 17.2. The summed E-state index contributed by atoms with van der Waals surface area (Å²) in [5.74, 6) is 1.58. The van der Waals surface area contributed by atoms with Gasteiger partial charge in [-0.25, -0.2) is 0 Å². The van der Waals surface area contributed by atoms with Crippen LogP contribution < -0.4 is 9.47 Å². The third-order valence-electron chi connectivity index (χ3n) is 3.99. The average molecular weight is 290 g/mol. The van der Waals surface area contributed by atoms with Crippen molar-refractivity contribution in [2.75, 3.05) is 7.11 Å². The summed E-state index contributed by atoms with van der Waals surface area (Å²) in [4.78, 5) is 0. The molecule has 118 valence electrons. The molecule has 0 spiro atoms. The number of methoxy groups -OCH3 is 1. The molecule has 21 heavy (non-hydrogen) atoms. The molecule has 0 aliphatic heterocycles. The molecular formula is C19H30O2. The Morgan fingerprint density at radius 2 is 1.48 bits per heavy atom. The first-order valence-corrected chi connectivity index (χ1v) is 7.51. The normalized spacial score (nSPS) is 12.0. The second-order valence-electron chi connectivity index (χ2n) is 7.33. The number of benzene rings is 1. The highest BCUT2D eigenvalue weighted by Crippen LogP contribution is 2.39. The predicted molar refractivity (Wildman–Crippen MR) is 90.4 cm³/mol. The van der Waals surface area contributed by atoms with Crippen LogP contribution in [0.4, 0.5) is 0 Å². The molecule has 1 aromatic carbocycles. The Labute approximate surface area is 130 Å². The van der Waals surface area contributed by atoms with Crippen LogP contribution in [0.3, 0.4) is 0 Å². The van der Waals surface area contributed by atoms with E-state index in [9.17, 15) is 0 Å². The van der Waals surface area contributed by atoms with Crippen LogP contribution in [-0.4, -0.2) is 12.7 Å². The van der Waals surface area contributed by atoms with Crippen molar-refractivity contribution in [3.05, 3.63) is 34.9 Å². The molecule has 0 atom stereocenters. The SMILES string of the molecule is COc1ccc(C(C)(C)C(C)=C(C)C)cc1OC(C)(C)C. The maximum Gasteiger partial charge on any atom is 0.162 e. The van der Waals surface area contributed by atoms with E-state index in [-0.39, 0.29) is 11.0 Å². The van der Waals surface area contributed by atoms with Crippen molar-refractivity contribution in [2.45, 2.75) is 66.4 Å². The Kier molecular flexibility index (Phi) is 5.14. The maximum absolute atomic E-state index is 6.06. The van der Waals surface area contributed by atoms with Gasteiger partial charge in [-0.3, -0.25) is 0 Å². The quantitative estimate of drug-likeness (QED) is 0.681. The number of rotatable bonds is 4. The van der Waals surface area contributed by atoms with E-state index in [0.717, 1.165) is 11.5 Å². The Morgan fingerprint density at radius 3 is 1.90 bits per heavy atom. The third-order valence-corrected chi connectivity index (χ3v) is 3.99. The molecule has 0 unspecified atom stereocenters. The van der Waals surface area contributed by atoms with Crippen molar-refractivity contribution in [1.82, 2.24) is 0 Å². The number of allylic oxidation sites excluding steroid dienone is 2. The van der Waals surface area contributed by atoms with Gasteiger partial charge in [0.25, 0.3) is 0 Å². The fraction of sp³-hybridized carbons (Fsp3) is 0.579. The van der Waals surface area contributed by atoms with Gasteiger partial charge in [-0.1, -0.05) is 31.1 Å². The third kappa shape index (κ3) is 4.26. The molecule has 2 heteroatoms. The second kappa shape index (κ2) is 6.13. The van der Waals surface area contributed by atoms with Gasteiger partial charge in [0.15, 0.2) is 11.5 Å². The summed E-state index contributed by atoms with van der Waals surface area (Å²) in [7, 11) is 1.68. The first kappa shape index (κ1) is 17.6. The molecular weight excluding hydrogens is 260 g/mol. The first-order valence-electron chi connectivity index (χ1n) is 7.51. The predicted octanol–water partition coefficient (Wildman–Crippen LogP) is 5.51. The van der Waals surface area contributed by atoms with Gasteiger partial charge in [0.2, 0.25) is 0 Å². The molecule has 2 nitrogen and oxygen atoms in total. The van der Waals surface area contributed by atoms with Crippen molar-refractivity contribution < 1.29 is 9.47 Å². The van der Waals surface area contributed by atoms with Crippen LogP contribution in [0.2, 0.25) is 0 Å². The Bertz CT molecular complexity index is 527. The highest BCUT2D eigenvalue weighted by Gasteiger charge is 2.26. The molecule has 0 bridgehead atoms. The van der Waals surface area contributed by atoms with Crippen LogP contribution in [0.15, 0.2) is 29.3 Å². The molecule has 1 aromatic rings. The van der Waals surface area contributed by atoms with E-state index < -0.39 is 0 Å². The van der Waals surface area contributed by atoms with Gasteiger partial charge in [0.1, 0.15) is 5.60 Å². The largest absolute Gasteiger partial charge is 0.493 e. The van der Waals surface area contributed by atoms with Crippen molar-refractivity contribution in [1.29, 1.82) is 0 Å². The topological polar surface area (TPSA) is 18.5 Å². The Hall–Kier alpha value is -1.44. The minimum Gasteiger partial charge on any atom is -0.493 e. The van der Waals surface area contributed by atoms with Gasteiger partial charge >= 0.3 is 0 Å². The standard InChI is InChI=1S/C19H30O2/c1-13(2)14(3)19(7,8)15-10-11-16(20-9)17(12-15)21-18(4,5)6/h10-12H,1-9H3. The van der Waals surface area contributed by atoms with Crippen LogP contribution in [0.5, 0.6) is 11.5 Å². The van der Waals surface area contributed by atoms with Gasteiger partial charge in [-0.2, -0.15) is 0 Å². The average Bonchev–Trinajstić information content (AvgIpc) is 2.35. The fourth-order valence-corrected chi connectivity index (χ4v) is 2.32. The summed E-state index contributed by atoms with van der Waals surface area (Å²) < 4.78 is 11.5. The van der Waals surface area contributed by atoms with E-state index in [4.69, 9.17) is 9.47 Å². The highest BCUT2D eigenvalue weighted by atomic mass is 16.5. The number of hydrogen-bond acceptors (Lipinski definition) is 2. The zero-order valence-corrected chi connectivity index (χ0v) is 15.0. The zero-order chi connectivity index (χ0) is 16.4. The molecule has 0 aromatic heterocycles. The van der Waals surface area contributed by atoms with E-state index in [1.54, 1.807) is 7.11 Å². The van der Waals surface area contributed by atoms with Gasteiger partial charge in [-0.05, 0) is 59.2 Å². The fourth-order valence-electron chi connectivity index (χ4n) is 2.32. The van der Waals surface area contributed by atoms with E-state index in [1.807, 2.05) is 26.8 Å². The van der Waals surface area contributed by atoms with Gasteiger partial charge < -0.3 is 9.47 Å². The molecule has 0 heterocycles. The summed E-state index contributed by atoms with van der Waals surface area (Å²) in [6.07, 6.45) is 0. The lowest BCUT2D eigenvalue weighted by molar-refractivity contribution is 0.125. The lowest BCUT2D eigenvalue weighted by Crippen LogP contribution is -2.24. The van der Waals surface area contributed by atoms with E-state index in [0.29, 0.717) is 0 Å². The van der Waals surface area contributed by atoms with E-state index >= 15 is 0 Å². The molecule has 1 rings (SSSR count). The molecule has 0 fully saturated rings. The highest BCUT2D eigenvalue weighted by molar-refractivity contribution is 5.47. The van der Waals surface area contributed by atoms with Crippen molar-refractivity contribution in [2.24, 2.45) is 0 Å². The van der Waals surface area contributed by atoms with Gasteiger partial charge in [0, 0.05) is 5.41 Å². The van der Waals surface area contributed by atoms with Gasteiger partial charge in [0.05, 0.1) is 7.11 Å². The van der Waals surface area contributed by atoms with E-state index in [2.05, 4.69) is 46.8 Å². The van der Waals surface area contributed by atoms with Crippen LogP contribution >= 0.6 is 0 Å². The van der Waals surface area contributed by atoms with Crippen LogP contribution in [0, 0.1) is 0 Å². The summed E-state index contributed by atoms with van der Waals surface area (Å²) in [6, 6.07) is 6.23. The Morgan fingerprint density at radius 1 is 0.905 bits per heavy atom. The van der Waals surface area contributed by atoms with Crippen LogP contribution in [0.25, 0.3) is 0 Å².